The molecule has 0 unspecified atom stereocenters. The quantitative estimate of drug-likeness (QED) is 0.635. The number of ether oxygens (including phenoxy) is 1. The Morgan fingerprint density at radius 3 is 2.84 bits per heavy atom. The van der Waals surface area contributed by atoms with Crippen molar-refractivity contribution in [2.24, 2.45) is 0 Å². The largest absolute Gasteiger partial charge is 0.461 e. The zero-order valence-electron chi connectivity index (χ0n) is 9.63. The van der Waals surface area contributed by atoms with Gasteiger partial charge in [0.05, 0.1) is 12.8 Å². The van der Waals surface area contributed by atoms with Crippen molar-refractivity contribution in [1.82, 2.24) is 9.38 Å². The van der Waals surface area contributed by atoms with Crippen LogP contribution in [0.3, 0.4) is 0 Å². The molecule has 19 heavy (non-hydrogen) atoms. The normalized spacial score (nSPS) is 11.7. The Labute approximate surface area is 112 Å². The number of hydrogen-bond donors (Lipinski definition) is 0. The van der Waals surface area contributed by atoms with Gasteiger partial charge in [0, 0.05) is 16.9 Å². The van der Waals surface area contributed by atoms with Gasteiger partial charge in [0.1, 0.15) is 4.90 Å². The second kappa shape index (κ2) is 4.78. The van der Waals surface area contributed by atoms with E-state index in [4.69, 9.17) is 15.4 Å². The maximum atomic E-state index is 13.7. The molecule has 0 aliphatic rings. The zero-order valence-corrected chi connectivity index (χ0v) is 11.2. The number of rotatable bonds is 3. The molecule has 102 valence electrons. The number of nitrogens with zero attached hydrogens (tertiary/aromatic N) is 2. The number of halogens is 2. The van der Waals surface area contributed by atoms with Crippen LogP contribution in [0.4, 0.5) is 4.39 Å². The number of aromatic nitrogens is 2. The van der Waals surface area contributed by atoms with Crippen LogP contribution in [0.5, 0.6) is 0 Å². The molecule has 0 bridgehead atoms. The minimum Gasteiger partial charge on any atom is -0.461 e. The van der Waals surface area contributed by atoms with Gasteiger partial charge in [0.2, 0.25) is 0 Å². The van der Waals surface area contributed by atoms with Crippen molar-refractivity contribution in [3.63, 3.8) is 0 Å². The van der Waals surface area contributed by atoms with Crippen molar-refractivity contribution >= 4 is 31.3 Å². The second-order valence-electron chi connectivity index (χ2n) is 3.52. The van der Waals surface area contributed by atoms with Crippen LogP contribution in [-0.2, 0) is 13.8 Å². The maximum absolute atomic E-state index is 13.7. The molecule has 2 heterocycles. The summed E-state index contributed by atoms with van der Waals surface area (Å²) in [6.45, 7) is 1.73. The van der Waals surface area contributed by atoms with Crippen molar-refractivity contribution < 1.29 is 22.3 Å². The molecule has 0 aliphatic heterocycles. The minimum atomic E-state index is -4.12. The van der Waals surface area contributed by atoms with E-state index in [1.165, 1.54) is 0 Å². The topological polar surface area (TPSA) is 77.7 Å². The molecule has 0 aromatic carbocycles. The predicted octanol–water partition coefficient (Wildman–Crippen LogP) is 1.58. The average molecular weight is 307 g/mol. The van der Waals surface area contributed by atoms with Crippen molar-refractivity contribution in [1.29, 1.82) is 0 Å². The van der Waals surface area contributed by atoms with Crippen molar-refractivity contribution in [2.45, 2.75) is 11.8 Å². The molecule has 2 aromatic heterocycles. The first-order chi connectivity index (χ1) is 8.84. The number of carbonyl (C=O) groups excluding carboxylic acids is 1. The molecule has 0 radical (unpaired) electrons. The van der Waals surface area contributed by atoms with E-state index in [2.05, 4.69) is 4.98 Å². The van der Waals surface area contributed by atoms with E-state index in [1.54, 1.807) is 6.92 Å². The van der Waals surface area contributed by atoms with Gasteiger partial charge in [0.25, 0.3) is 9.05 Å². The van der Waals surface area contributed by atoms with E-state index in [-0.39, 0.29) is 17.9 Å². The van der Waals surface area contributed by atoms with E-state index < -0.39 is 25.7 Å². The first kappa shape index (κ1) is 13.8. The summed E-state index contributed by atoms with van der Waals surface area (Å²) in [6.07, 6.45) is 2.11. The van der Waals surface area contributed by atoms with Gasteiger partial charge < -0.3 is 4.74 Å². The lowest BCUT2D eigenvalue weighted by atomic mass is 10.4. The van der Waals surface area contributed by atoms with Crippen molar-refractivity contribution in [2.75, 3.05) is 6.61 Å². The highest BCUT2D eigenvalue weighted by Gasteiger charge is 2.20. The lowest BCUT2D eigenvalue weighted by Gasteiger charge is -2.04. The van der Waals surface area contributed by atoms with Gasteiger partial charge in [-0.3, -0.25) is 4.40 Å². The third-order valence-electron chi connectivity index (χ3n) is 2.30. The van der Waals surface area contributed by atoms with Gasteiger partial charge in [0.15, 0.2) is 17.2 Å². The zero-order chi connectivity index (χ0) is 14.2. The molecule has 2 aromatic rings. The summed E-state index contributed by atoms with van der Waals surface area (Å²) in [5.74, 6) is -1.64. The number of pyridine rings is 1. The van der Waals surface area contributed by atoms with E-state index in [0.29, 0.717) is 0 Å². The molecule has 6 nitrogen and oxygen atoms in total. The maximum Gasteiger partial charge on any atom is 0.356 e. The summed E-state index contributed by atoms with van der Waals surface area (Å²) in [5, 5.41) is 0. The number of esters is 1. The van der Waals surface area contributed by atoms with Gasteiger partial charge in [-0.15, -0.1) is 0 Å². The number of fused-ring (bicyclic) bond motifs is 1. The van der Waals surface area contributed by atoms with Crippen LogP contribution in [0.15, 0.2) is 23.4 Å². The van der Waals surface area contributed by atoms with Crippen LogP contribution in [0, 0.1) is 5.82 Å². The Morgan fingerprint density at radius 2 is 2.26 bits per heavy atom. The Balaban J connectivity index is 2.70. The molecule has 0 spiro atoms. The fraction of sp³-hybridized carbons (Fsp3) is 0.200. The van der Waals surface area contributed by atoms with Crippen molar-refractivity contribution in [3.8, 4) is 0 Å². The van der Waals surface area contributed by atoms with Gasteiger partial charge in [-0.05, 0) is 13.0 Å². The van der Waals surface area contributed by atoms with Crippen LogP contribution in [0.1, 0.15) is 17.4 Å². The van der Waals surface area contributed by atoms with Gasteiger partial charge >= 0.3 is 5.97 Å². The molecule has 2 rings (SSSR count). The summed E-state index contributed by atoms with van der Waals surface area (Å²) >= 11 is 0. The lowest BCUT2D eigenvalue weighted by molar-refractivity contribution is 0.0518. The Bertz CT molecular complexity index is 756. The van der Waals surface area contributed by atoms with E-state index >= 15 is 0 Å². The summed E-state index contributed by atoms with van der Waals surface area (Å²) in [4.78, 5) is 14.8. The molecule has 0 atom stereocenters. The summed E-state index contributed by atoms with van der Waals surface area (Å²) < 4.78 is 41.8. The standard InChI is InChI=1S/C10H8ClFN2O4S/c1-2-18-10(15)8-4-13-9-7(12)3-6(5-14(8)9)19(11,16)17/h3-5H,2H2,1H3. The monoisotopic (exact) mass is 306 g/mol. The molecule has 0 fully saturated rings. The fourth-order valence-corrected chi connectivity index (χ4v) is 2.24. The molecular formula is C10H8ClFN2O4S. The highest BCUT2D eigenvalue weighted by atomic mass is 35.7. The van der Waals surface area contributed by atoms with Crippen LogP contribution in [-0.4, -0.2) is 30.4 Å². The lowest BCUT2D eigenvalue weighted by Crippen LogP contribution is -2.09. The molecular weight excluding hydrogens is 299 g/mol. The van der Waals surface area contributed by atoms with E-state index in [0.717, 1.165) is 22.9 Å². The Hall–Kier alpha value is -1.67. The van der Waals surface area contributed by atoms with Gasteiger partial charge in [-0.25, -0.2) is 22.6 Å². The highest BCUT2D eigenvalue weighted by molar-refractivity contribution is 8.13. The molecule has 0 aliphatic carbocycles. The first-order valence-corrected chi connectivity index (χ1v) is 7.44. The second-order valence-corrected chi connectivity index (χ2v) is 6.09. The molecule has 0 N–H and O–H groups in total. The van der Waals surface area contributed by atoms with E-state index in [9.17, 15) is 17.6 Å². The summed E-state index contributed by atoms with van der Waals surface area (Å²) in [6, 6.07) is 0.736. The Morgan fingerprint density at radius 1 is 1.58 bits per heavy atom. The molecule has 0 saturated heterocycles. The van der Waals surface area contributed by atoms with Crippen LogP contribution >= 0.6 is 10.7 Å². The van der Waals surface area contributed by atoms with E-state index in [1.807, 2.05) is 0 Å². The summed E-state index contributed by atoms with van der Waals surface area (Å²) in [5.41, 5.74) is -0.273. The Kier molecular flexibility index (Phi) is 3.46. The SMILES string of the molecule is CCOC(=O)c1cnc2c(F)cc(S(=O)(=O)Cl)cn12. The van der Waals surface area contributed by atoms with Crippen LogP contribution in [0.2, 0.25) is 0 Å². The van der Waals surface area contributed by atoms with Crippen molar-refractivity contribution in [3.05, 3.63) is 30.0 Å². The minimum absolute atomic E-state index is 0.0853. The predicted molar refractivity (Wildman–Crippen MR) is 64.1 cm³/mol. The fourth-order valence-electron chi connectivity index (χ4n) is 1.51. The van der Waals surface area contributed by atoms with Gasteiger partial charge in [-0.1, -0.05) is 0 Å². The van der Waals surface area contributed by atoms with Crippen LogP contribution in [0.25, 0.3) is 5.65 Å². The highest BCUT2D eigenvalue weighted by Crippen LogP contribution is 2.20. The third kappa shape index (κ3) is 2.54. The number of carbonyl (C=O) groups is 1. The molecule has 9 heteroatoms. The smallest absolute Gasteiger partial charge is 0.356 e. The summed E-state index contributed by atoms with van der Waals surface area (Å²) in [7, 11) is 1.03. The van der Waals surface area contributed by atoms with Gasteiger partial charge in [-0.2, -0.15) is 0 Å². The first-order valence-electron chi connectivity index (χ1n) is 5.13. The number of imidazole rings is 1. The third-order valence-corrected chi connectivity index (χ3v) is 3.62. The average Bonchev–Trinajstić information content (AvgIpc) is 2.72. The number of hydrogen-bond acceptors (Lipinski definition) is 5. The molecule has 0 amide bonds. The van der Waals surface area contributed by atoms with Crippen LogP contribution < -0.4 is 0 Å². The molecule has 0 saturated carbocycles.